The van der Waals surface area contributed by atoms with E-state index < -0.39 is 5.92 Å². The fourth-order valence-corrected chi connectivity index (χ4v) is 4.95. The van der Waals surface area contributed by atoms with Gasteiger partial charge in [0, 0.05) is 30.6 Å². The second-order valence-corrected chi connectivity index (χ2v) is 9.06. The molecular weight excluding hydrogens is 436 g/mol. The number of carbonyl (C=O) groups excluding carboxylic acids is 2. The molecule has 7 heteroatoms. The molecule has 6 nitrogen and oxygen atoms in total. The molecule has 2 atom stereocenters. The van der Waals surface area contributed by atoms with Crippen molar-refractivity contribution in [2.75, 3.05) is 25.2 Å². The van der Waals surface area contributed by atoms with E-state index in [9.17, 15) is 9.59 Å². The van der Waals surface area contributed by atoms with Crippen LogP contribution in [-0.2, 0) is 20.9 Å². The molecule has 0 bridgehead atoms. The highest BCUT2D eigenvalue weighted by molar-refractivity contribution is 7.10. The molecule has 1 saturated heterocycles. The summed E-state index contributed by atoms with van der Waals surface area (Å²) in [5.41, 5.74) is 2.88. The van der Waals surface area contributed by atoms with E-state index >= 15 is 0 Å². The van der Waals surface area contributed by atoms with E-state index in [1.54, 1.807) is 23.3 Å². The SMILES string of the molecule is COCCOc1cccc(CNC(=O)C2CC(=O)N(c3ccc(C)cc3)C2c2cccs2)c1. The first kappa shape index (κ1) is 23.0. The molecule has 1 aliphatic heterocycles. The Balaban J connectivity index is 1.49. The van der Waals surface area contributed by atoms with Gasteiger partial charge in [-0.25, -0.2) is 0 Å². The van der Waals surface area contributed by atoms with Crippen molar-refractivity contribution in [3.05, 3.63) is 82.0 Å². The number of ether oxygens (including phenoxy) is 2. The van der Waals surface area contributed by atoms with Crippen molar-refractivity contribution in [3.8, 4) is 5.75 Å². The highest BCUT2D eigenvalue weighted by atomic mass is 32.1. The second-order valence-electron chi connectivity index (χ2n) is 8.08. The lowest BCUT2D eigenvalue weighted by molar-refractivity contribution is -0.126. The third kappa shape index (κ3) is 5.43. The fraction of sp³-hybridized carbons (Fsp3) is 0.308. The minimum Gasteiger partial charge on any atom is -0.491 e. The fourth-order valence-electron chi connectivity index (χ4n) is 4.07. The number of aryl methyl sites for hydroxylation is 1. The summed E-state index contributed by atoms with van der Waals surface area (Å²) in [6.07, 6.45) is 0.183. The Morgan fingerprint density at radius 1 is 1.12 bits per heavy atom. The van der Waals surface area contributed by atoms with E-state index in [0.29, 0.717) is 19.8 Å². The van der Waals surface area contributed by atoms with Crippen molar-refractivity contribution < 1.29 is 19.1 Å². The third-order valence-electron chi connectivity index (χ3n) is 5.73. The van der Waals surface area contributed by atoms with E-state index in [0.717, 1.165) is 27.4 Å². The van der Waals surface area contributed by atoms with Crippen LogP contribution in [0.1, 0.15) is 28.5 Å². The van der Waals surface area contributed by atoms with Crippen molar-refractivity contribution in [3.63, 3.8) is 0 Å². The lowest BCUT2D eigenvalue weighted by atomic mass is 9.97. The number of anilines is 1. The van der Waals surface area contributed by atoms with Gasteiger partial charge in [-0.3, -0.25) is 9.59 Å². The highest BCUT2D eigenvalue weighted by Gasteiger charge is 2.45. The van der Waals surface area contributed by atoms with Crippen molar-refractivity contribution in [1.82, 2.24) is 5.32 Å². The predicted molar refractivity (Wildman–Crippen MR) is 129 cm³/mol. The molecule has 2 unspecified atom stereocenters. The lowest BCUT2D eigenvalue weighted by Gasteiger charge is -2.27. The van der Waals surface area contributed by atoms with Gasteiger partial charge in [-0.1, -0.05) is 35.9 Å². The minimum atomic E-state index is -0.460. The molecule has 1 N–H and O–H groups in total. The average molecular weight is 465 g/mol. The van der Waals surface area contributed by atoms with Gasteiger partial charge >= 0.3 is 0 Å². The van der Waals surface area contributed by atoms with E-state index in [2.05, 4.69) is 5.32 Å². The smallest absolute Gasteiger partial charge is 0.228 e. The van der Waals surface area contributed by atoms with Crippen LogP contribution in [0.2, 0.25) is 0 Å². The molecule has 2 aromatic carbocycles. The molecule has 1 aliphatic rings. The Kier molecular flexibility index (Phi) is 7.42. The maximum Gasteiger partial charge on any atom is 0.228 e. The monoisotopic (exact) mass is 464 g/mol. The summed E-state index contributed by atoms with van der Waals surface area (Å²) in [7, 11) is 1.63. The Hall–Kier alpha value is -3.16. The number of hydrogen-bond donors (Lipinski definition) is 1. The molecule has 1 aromatic heterocycles. The van der Waals surface area contributed by atoms with Gasteiger partial charge in [0.25, 0.3) is 0 Å². The van der Waals surface area contributed by atoms with Crippen LogP contribution in [0, 0.1) is 12.8 Å². The van der Waals surface area contributed by atoms with Crippen LogP contribution in [0.3, 0.4) is 0 Å². The zero-order valence-electron chi connectivity index (χ0n) is 18.8. The quantitative estimate of drug-likeness (QED) is 0.474. The summed E-state index contributed by atoms with van der Waals surface area (Å²) < 4.78 is 10.7. The highest BCUT2D eigenvalue weighted by Crippen LogP contribution is 2.43. The van der Waals surface area contributed by atoms with Gasteiger partial charge in [-0.15, -0.1) is 11.3 Å². The van der Waals surface area contributed by atoms with Crippen LogP contribution >= 0.6 is 11.3 Å². The molecule has 0 aliphatic carbocycles. The Bertz CT molecular complexity index is 1080. The molecule has 172 valence electrons. The van der Waals surface area contributed by atoms with Gasteiger partial charge in [0.15, 0.2) is 0 Å². The summed E-state index contributed by atoms with van der Waals surface area (Å²) >= 11 is 1.57. The van der Waals surface area contributed by atoms with Gasteiger partial charge in [-0.05, 0) is 48.2 Å². The Labute approximate surface area is 198 Å². The number of carbonyl (C=O) groups is 2. The van der Waals surface area contributed by atoms with E-state index in [4.69, 9.17) is 9.47 Å². The van der Waals surface area contributed by atoms with Crippen molar-refractivity contribution in [1.29, 1.82) is 0 Å². The zero-order chi connectivity index (χ0) is 23.2. The first-order chi connectivity index (χ1) is 16.1. The number of nitrogens with one attached hydrogen (secondary N) is 1. The standard InChI is InChI=1S/C26H28N2O4S/c1-18-8-10-20(11-9-18)28-24(29)16-22(25(28)23-7-4-14-33-23)26(30)27-17-19-5-3-6-21(15-19)32-13-12-31-2/h3-11,14-15,22,25H,12-13,16-17H2,1-2H3,(H,27,30). The number of nitrogens with zero attached hydrogens (tertiary/aromatic N) is 1. The maximum atomic E-state index is 13.3. The van der Waals surface area contributed by atoms with Crippen LogP contribution < -0.4 is 15.0 Å². The number of methoxy groups -OCH3 is 1. The second kappa shape index (κ2) is 10.6. The molecule has 1 fully saturated rings. The molecule has 3 aromatic rings. The summed E-state index contributed by atoms with van der Waals surface area (Å²) in [6, 6.07) is 19.1. The summed E-state index contributed by atoms with van der Waals surface area (Å²) in [5, 5.41) is 5.02. The molecule has 4 rings (SSSR count). The molecular formula is C26H28N2O4S. The van der Waals surface area contributed by atoms with Crippen molar-refractivity contribution in [2.24, 2.45) is 5.92 Å². The normalized spacial score (nSPS) is 17.9. The van der Waals surface area contributed by atoms with E-state index in [1.807, 2.05) is 73.0 Å². The molecule has 2 amide bonds. The predicted octanol–water partition coefficient (Wildman–Crippen LogP) is 4.49. The molecule has 0 radical (unpaired) electrons. The molecule has 33 heavy (non-hydrogen) atoms. The number of hydrogen-bond acceptors (Lipinski definition) is 5. The molecule has 2 heterocycles. The third-order valence-corrected chi connectivity index (χ3v) is 6.67. The van der Waals surface area contributed by atoms with Crippen LogP contribution in [-0.4, -0.2) is 32.1 Å². The zero-order valence-corrected chi connectivity index (χ0v) is 19.6. The summed E-state index contributed by atoms with van der Waals surface area (Å²) in [5.74, 6) is 0.114. The van der Waals surface area contributed by atoms with Gasteiger partial charge in [0.1, 0.15) is 12.4 Å². The average Bonchev–Trinajstić information content (AvgIpc) is 3.46. The first-order valence-electron chi connectivity index (χ1n) is 11.0. The number of amides is 2. The largest absolute Gasteiger partial charge is 0.491 e. The van der Waals surface area contributed by atoms with E-state index in [1.165, 1.54) is 0 Å². The van der Waals surface area contributed by atoms with Crippen molar-refractivity contribution >= 4 is 28.8 Å². The van der Waals surface area contributed by atoms with Crippen molar-refractivity contribution in [2.45, 2.75) is 25.9 Å². The Morgan fingerprint density at radius 2 is 1.94 bits per heavy atom. The van der Waals surface area contributed by atoms with Crippen LogP contribution in [0.5, 0.6) is 5.75 Å². The van der Waals surface area contributed by atoms with Crippen LogP contribution in [0.4, 0.5) is 5.69 Å². The number of thiophene rings is 1. The number of rotatable bonds is 9. The topological polar surface area (TPSA) is 67.9 Å². The summed E-state index contributed by atoms with van der Waals surface area (Å²) in [6.45, 7) is 3.36. The van der Waals surface area contributed by atoms with E-state index in [-0.39, 0.29) is 24.3 Å². The molecule has 0 spiro atoms. The molecule has 0 saturated carbocycles. The summed E-state index contributed by atoms with van der Waals surface area (Å²) in [4.78, 5) is 29.1. The Morgan fingerprint density at radius 3 is 2.67 bits per heavy atom. The van der Waals surface area contributed by atoms with Gasteiger partial charge in [-0.2, -0.15) is 0 Å². The first-order valence-corrected chi connectivity index (χ1v) is 11.9. The van der Waals surface area contributed by atoms with Crippen LogP contribution in [0.25, 0.3) is 0 Å². The lowest BCUT2D eigenvalue weighted by Crippen LogP contribution is -2.35. The van der Waals surface area contributed by atoms with Gasteiger partial charge in [0.2, 0.25) is 11.8 Å². The van der Waals surface area contributed by atoms with Gasteiger partial charge < -0.3 is 19.7 Å². The van der Waals surface area contributed by atoms with Gasteiger partial charge in [0.05, 0.1) is 18.6 Å². The minimum absolute atomic E-state index is 0.0362. The number of benzene rings is 2. The maximum absolute atomic E-state index is 13.3. The van der Waals surface area contributed by atoms with Crippen LogP contribution in [0.15, 0.2) is 66.0 Å².